The molecule has 5 heteroatoms. The summed E-state index contributed by atoms with van der Waals surface area (Å²) >= 11 is 1.56. The van der Waals surface area contributed by atoms with E-state index in [4.69, 9.17) is 15.2 Å². The molecule has 0 saturated heterocycles. The fraction of sp³-hybridized carbons (Fsp3) is 0.438. The van der Waals surface area contributed by atoms with Crippen molar-refractivity contribution in [3.8, 4) is 11.5 Å². The summed E-state index contributed by atoms with van der Waals surface area (Å²) in [4.78, 5) is 4.21. The van der Waals surface area contributed by atoms with Crippen molar-refractivity contribution in [3.63, 3.8) is 0 Å². The number of ether oxygens (including phenoxy) is 2. The van der Waals surface area contributed by atoms with Crippen molar-refractivity contribution in [1.29, 1.82) is 0 Å². The van der Waals surface area contributed by atoms with Gasteiger partial charge in [-0.25, -0.2) is 4.98 Å². The normalized spacial score (nSPS) is 12.1. The third-order valence-corrected chi connectivity index (χ3v) is 3.82. The van der Waals surface area contributed by atoms with E-state index in [1.54, 1.807) is 16.8 Å². The van der Waals surface area contributed by atoms with Gasteiger partial charge in [-0.1, -0.05) is 13.0 Å². The molecule has 0 bridgehead atoms. The van der Waals surface area contributed by atoms with Crippen LogP contribution in [0.15, 0.2) is 29.1 Å². The molecular formula is C16H22N2O2S. The van der Waals surface area contributed by atoms with Crippen molar-refractivity contribution >= 4 is 11.3 Å². The fourth-order valence-electron chi connectivity index (χ4n) is 1.97. The lowest BCUT2D eigenvalue weighted by atomic mass is 10.0. The summed E-state index contributed by atoms with van der Waals surface area (Å²) in [6, 6.07) is 6.21. The van der Waals surface area contributed by atoms with Gasteiger partial charge < -0.3 is 15.2 Å². The lowest BCUT2D eigenvalue weighted by Crippen LogP contribution is -2.21. The number of rotatable bonds is 8. The van der Waals surface area contributed by atoms with E-state index < -0.39 is 0 Å². The Morgan fingerprint density at radius 3 is 2.76 bits per heavy atom. The third-order valence-electron chi connectivity index (χ3n) is 3.19. The first-order valence-electron chi connectivity index (χ1n) is 7.24. The van der Waals surface area contributed by atoms with Crippen molar-refractivity contribution in [2.75, 3.05) is 6.61 Å². The maximum Gasteiger partial charge on any atom is 0.161 e. The second-order valence-electron chi connectivity index (χ2n) is 4.86. The van der Waals surface area contributed by atoms with Gasteiger partial charge in [-0.15, -0.1) is 11.3 Å². The van der Waals surface area contributed by atoms with Crippen molar-refractivity contribution in [1.82, 2.24) is 4.98 Å². The van der Waals surface area contributed by atoms with Gasteiger partial charge in [0.15, 0.2) is 11.5 Å². The molecule has 0 amide bonds. The monoisotopic (exact) mass is 306 g/mol. The van der Waals surface area contributed by atoms with E-state index in [9.17, 15) is 0 Å². The predicted molar refractivity (Wildman–Crippen MR) is 86.0 cm³/mol. The van der Waals surface area contributed by atoms with Gasteiger partial charge >= 0.3 is 0 Å². The van der Waals surface area contributed by atoms with Crippen LogP contribution >= 0.6 is 11.3 Å². The summed E-state index contributed by atoms with van der Waals surface area (Å²) in [7, 11) is 0. The summed E-state index contributed by atoms with van der Waals surface area (Å²) in [5.41, 5.74) is 9.92. The number of hydrogen-bond acceptors (Lipinski definition) is 5. The van der Waals surface area contributed by atoms with Gasteiger partial charge in [0.05, 0.1) is 17.8 Å². The first kappa shape index (κ1) is 15.8. The molecule has 0 aliphatic rings. The van der Waals surface area contributed by atoms with Crippen LogP contribution in [0.2, 0.25) is 0 Å². The molecule has 0 fully saturated rings. The first-order valence-corrected chi connectivity index (χ1v) is 8.18. The topological polar surface area (TPSA) is 57.4 Å². The average Bonchev–Trinajstić information content (AvgIpc) is 3.00. The summed E-state index contributed by atoms with van der Waals surface area (Å²) in [5, 5.41) is 1.98. The van der Waals surface area contributed by atoms with Crippen LogP contribution < -0.4 is 15.2 Å². The van der Waals surface area contributed by atoms with Crippen LogP contribution in [0.3, 0.4) is 0 Å². The molecule has 0 spiro atoms. The van der Waals surface area contributed by atoms with Crippen LogP contribution in [-0.4, -0.2) is 17.6 Å². The Morgan fingerprint density at radius 1 is 1.24 bits per heavy atom. The number of hydrogen-bond donors (Lipinski definition) is 1. The van der Waals surface area contributed by atoms with Gasteiger partial charge in [-0.2, -0.15) is 0 Å². The molecule has 2 aromatic rings. The molecule has 0 radical (unpaired) electrons. The Labute approximate surface area is 129 Å². The van der Waals surface area contributed by atoms with Crippen LogP contribution in [0.1, 0.15) is 31.5 Å². The second kappa shape index (κ2) is 8.00. The quantitative estimate of drug-likeness (QED) is 0.812. The molecule has 114 valence electrons. The summed E-state index contributed by atoms with van der Waals surface area (Å²) in [6.07, 6.45) is 1.81. The molecule has 0 aliphatic carbocycles. The zero-order valence-electron chi connectivity index (χ0n) is 12.5. The Bertz CT molecular complexity index is 543. The van der Waals surface area contributed by atoms with Gasteiger partial charge in [0.2, 0.25) is 0 Å². The Hall–Kier alpha value is -1.59. The molecule has 1 unspecified atom stereocenters. The molecule has 0 saturated carbocycles. The minimum Gasteiger partial charge on any atom is -0.490 e. The van der Waals surface area contributed by atoms with Gasteiger partial charge in [-0.05, 0) is 37.5 Å². The molecule has 1 atom stereocenters. The zero-order chi connectivity index (χ0) is 15.1. The SMILES string of the molecule is CCOc1cc(CC(N)CC)ccc1OCc1cscn1. The molecular weight excluding hydrogens is 284 g/mol. The lowest BCUT2D eigenvalue weighted by Gasteiger charge is -2.14. The molecule has 2 N–H and O–H groups in total. The predicted octanol–water partition coefficient (Wildman–Crippen LogP) is 3.40. The minimum absolute atomic E-state index is 0.182. The summed E-state index contributed by atoms with van der Waals surface area (Å²) in [6.45, 7) is 5.13. The van der Waals surface area contributed by atoms with E-state index >= 15 is 0 Å². The fourth-order valence-corrected chi connectivity index (χ4v) is 2.52. The molecule has 1 heterocycles. The third kappa shape index (κ3) is 4.72. The number of benzene rings is 1. The first-order chi connectivity index (χ1) is 10.2. The van der Waals surface area contributed by atoms with Gasteiger partial charge in [-0.3, -0.25) is 0 Å². The summed E-state index contributed by atoms with van der Waals surface area (Å²) < 4.78 is 11.5. The Kier molecular flexibility index (Phi) is 6.02. The molecule has 4 nitrogen and oxygen atoms in total. The van der Waals surface area contributed by atoms with Crippen molar-refractivity contribution < 1.29 is 9.47 Å². The Balaban J connectivity index is 2.08. The summed E-state index contributed by atoms with van der Waals surface area (Å²) in [5.74, 6) is 1.52. The van der Waals surface area contributed by atoms with Crippen LogP contribution in [0.4, 0.5) is 0 Å². The highest BCUT2D eigenvalue weighted by Crippen LogP contribution is 2.29. The van der Waals surface area contributed by atoms with Gasteiger partial charge in [0, 0.05) is 11.4 Å². The lowest BCUT2D eigenvalue weighted by molar-refractivity contribution is 0.266. The van der Waals surface area contributed by atoms with E-state index in [1.165, 1.54) is 5.56 Å². The maximum atomic E-state index is 6.01. The number of nitrogens with two attached hydrogens (primary N) is 1. The van der Waals surface area contributed by atoms with E-state index in [-0.39, 0.29) is 6.04 Å². The van der Waals surface area contributed by atoms with Crippen molar-refractivity contribution in [2.45, 2.75) is 39.3 Å². The molecule has 0 aliphatic heterocycles. The average molecular weight is 306 g/mol. The van der Waals surface area contributed by atoms with Crippen LogP contribution in [-0.2, 0) is 13.0 Å². The highest BCUT2D eigenvalue weighted by atomic mass is 32.1. The van der Waals surface area contributed by atoms with E-state index in [0.717, 1.165) is 30.0 Å². The second-order valence-corrected chi connectivity index (χ2v) is 5.57. The number of aromatic nitrogens is 1. The van der Waals surface area contributed by atoms with E-state index in [0.29, 0.717) is 13.2 Å². The van der Waals surface area contributed by atoms with Crippen molar-refractivity contribution in [3.05, 3.63) is 40.3 Å². The smallest absolute Gasteiger partial charge is 0.161 e. The number of nitrogens with zero attached hydrogens (tertiary/aromatic N) is 1. The maximum absolute atomic E-state index is 6.01. The van der Waals surface area contributed by atoms with E-state index in [1.807, 2.05) is 24.4 Å². The zero-order valence-corrected chi connectivity index (χ0v) is 13.4. The van der Waals surface area contributed by atoms with Crippen molar-refractivity contribution in [2.24, 2.45) is 5.73 Å². The van der Waals surface area contributed by atoms with Crippen LogP contribution in [0, 0.1) is 0 Å². The molecule has 1 aromatic heterocycles. The minimum atomic E-state index is 0.182. The van der Waals surface area contributed by atoms with Gasteiger partial charge in [0.1, 0.15) is 6.61 Å². The van der Waals surface area contributed by atoms with E-state index in [2.05, 4.69) is 18.0 Å². The Morgan fingerprint density at radius 2 is 2.10 bits per heavy atom. The van der Waals surface area contributed by atoms with Gasteiger partial charge in [0.25, 0.3) is 0 Å². The van der Waals surface area contributed by atoms with Crippen LogP contribution in [0.25, 0.3) is 0 Å². The van der Waals surface area contributed by atoms with Crippen LogP contribution in [0.5, 0.6) is 11.5 Å². The molecule has 2 rings (SSSR count). The standard InChI is InChI=1S/C16H22N2O2S/c1-3-13(17)7-12-5-6-15(16(8-12)19-4-2)20-9-14-10-21-11-18-14/h5-6,8,10-11,13H,3-4,7,9,17H2,1-2H3. The largest absolute Gasteiger partial charge is 0.490 e. The highest BCUT2D eigenvalue weighted by Gasteiger charge is 2.09. The highest BCUT2D eigenvalue weighted by molar-refractivity contribution is 7.07. The molecule has 21 heavy (non-hydrogen) atoms. The number of thiazole rings is 1. The molecule has 1 aromatic carbocycles.